The number of nitrogens with zero attached hydrogens (tertiary/aromatic N) is 3. The number of pyridine rings is 2. The maximum atomic E-state index is 14.9. The highest BCUT2D eigenvalue weighted by Crippen LogP contribution is 2.32. The van der Waals surface area contributed by atoms with Crippen LogP contribution in [0.25, 0.3) is 11.1 Å². The summed E-state index contributed by atoms with van der Waals surface area (Å²) >= 11 is 0. The molecule has 1 saturated heterocycles. The van der Waals surface area contributed by atoms with Gasteiger partial charge in [-0.1, -0.05) is 42.5 Å². The Kier molecular flexibility index (Phi) is 12.2. The van der Waals surface area contributed by atoms with E-state index in [9.17, 15) is 46.7 Å². The van der Waals surface area contributed by atoms with Crippen LogP contribution in [0.15, 0.2) is 96.1 Å². The van der Waals surface area contributed by atoms with Gasteiger partial charge in [-0.25, -0.2) is 13.8 Å². The Balaban J connectivity index is 1.07. The van der Waals surface area contributed by atoms with Gasteiger partial charge in [-0.05, 0) is 78.4 Å². The number of aromatic nitrogens is 2. The number of carbonyl (C=O) groups excluding carboxylic acids is 6. The second kappa shape index (κ2) is 17.8. The average molecular weight is 834 g/mol. The Morgan fingerprint density at radius 2 is 1.62 bits per heavy atom. The van der Waals surface area contributed by atoms with Crippen molar-refractivity contribution in [3.8, 4) is 11.1 Å². The van der Waals surface area contributed by atoms with E-state index in [2.05, 4.69) is 26.3 Å². The number of hydrogen-bond acceptors (Lipinski definition) is 9. The number of anilines is 1. The van der Waals surface area contributed by atoms with Crippen LogP contribution in [-0.2, 0) is 27.3 Å². The number of hydrogen-bond donors (Lipinski definition) is 4. The van der Waals surface area contributed by atoms with E-state index >= 15 is 0 Å². The van der Waals surface area contributed by atoms with Crippen molar-refractivity contribution in [1.29, 1.82) is 0 Å². The number of benzene rings is 3. The first-order valence-electron chi connectivity index (χ1n) is 19.3. The quantitative estimate of drug-likeness (QED) is 0.0728. The maximum absolute atomic E-state index is 14.9. The molecule has 0 saturated carbocycles. The van der Waals surface area contributed by atoms with Gasteiger partial charge in [0.1, 0.15) is 29.3 Å². The summed E-state index contributed by atoms with van der Waals surface area (Å²) in [5.74, 6) is -6.32. The monoisotopic (exact) mass is 833 g/mol. The first-order valence-corrected chi connectivity index (χ1v) is 19.3. The molecule has 4 heterocycles. The summed E-state index contributed by atoms with van der Waals surface area (Å²) in [6.45, 7) is 1.78. The number of halogens is 3. The average Bonchev–Trinajstić information content (AvgIpc) is 3.48. The van der Waals surface area contributed by atoms with Crippen molar-refractivity contribution < 1.29 is 41.9 Å². The van der Waals surface area contributed by atoms with Crippen LogP contribution in [0.2, 0.25) is 0 Å². The third kappa shape index (κ3) is 9.10. The van der Waals surface area contributed by atoms with Gasteiger partial charge in [0.05, 0.1) is 17.7 Å². The number of aryl methyl sites for hydroxylation is 1. The van der Waals surface area contributed by atoms with Crippen molar-refractivity contribution >= 4 is 41.1 Å². The van der Waals surface area contributed by atoms with Crippen molar-refractivity contribution in [2.24, 2.45) is 0 Å². The minimum absolute atomic E-state index is 0.00647. The van der Waals surface area contributed by atoms with Crippen molar-refractivity contribution in [1.82, 2.24) is 30.4 Å². The van der Waals surface area contributed by atoms with E-state index in [0.29, 0.717) is 33.5 Å². The normalized spacial score (nSPS) is 15.3. The number of rotatable bonds is 14. The molecule has 0 bridgehead atoms. The summed E-state index contributed by atoms with van der Waals surface area (Å²) in [6.07, 6.45) is 2.43. The van der Waals surface area contributed by atoms with E-state index in [-0.39, 0.29) is 56.4 Å². The molecule has 312 valence electrons. The lowest BCUT2D eigenvalue weighted by molar-refractivity contribution is -0.136. The van der Waals surface area contributed by atoms with Crippen LogP contribution in [-0.4, -0.2) is 75.1 Å². The number of fused-ring (bicyclic) bond motifs is 1. The maximum Gasteiger partial charge on any atom is 0.264 e. The van der Waals surface area contributed by atoms with E-state index in [0.717, 1.165) is 21.7 Å². The van der Waals surface area contributed by atoms with E-state index in [4.69, 9.17) is 0 Å². The predicted molar refractivity (Wildman–Crippen MR) is 215 cm³/mol. The van der Waals surface area contributed by atoms with E-state index in [1.54, 1.807) is 43.3 Å². The fraction of sp³-hybridized carbons (Fsp3) is 0.227. The highest BCUT2D eigenvalue weighted by molar-refractivity contribution is 6.25. The molecule has 1 unspecified atom stereocenters. The van der Waals surface area contributed by atoms with Crippen molar-refractivity contribution in [3.05, 3.63) is 153 Å². The topological polar surface area (TPSA) is 189 Å². The number of imide groups is 2. The standard InChI is InChI=1S/C44H38F3N7O7/c1-24-18-36(47)50-21-32(24)29-7-3-2-6-26(29)19-34(51-39(56)31-20-28(46)23-53(42(31)59)22-25-10-12-27(45)13-11-25)40(57)49-17-5-16-48-33-9-4-8-30-38(33)44(61)54(43(30)60)35-14-15-37(55)52-41(35)58/h2-4,6-13,18,20-21,23,34-35,48H,5,14-17,19,22H2,1H3,(H,49,57)(H,51,56)(H,52,55,58)/t34-,35?/m0/s1. The lowest BCUT2D eigenvalue weighted by atomic mass is 9.93. The Hall–Kier alpha value is -7.43. The van der Waals surface area contributed by atoms with Crippen LogP contribution in [0, 0.1) is 24.5 Å². The van der Waals surface area contributed by atoms with Crippen LogP contribution in [0.5, 0.6) is 0 Å². The molecule has 0 spiro atoms. The second-order valence-corrected chi connectivity index (χ2v) is 14.6. The molecule has 2 aliphatic rings. The fourth-order valence-corrected chi connectivity index (χ4v) is 7.40. The number of piperidine rings is 1. The Labute approximate surface area is 346 Å². The minimum atomic E-state index is -1.32. The highest BCUT2D eigenvalue weighted by atomic mass is 19.1. The summed E-state index contributed by atoms with van der Waals surface area (Å²) < 4.78 is 43.3. The van der Waals surface area contributed by atoms with Crippen LogP contribution in [0.4, 0.5) is 18.9 Å². The molecule has 4 N–H and O–H groups in total. The molecule has 7 rings (SSSR count). The molecule has 61 heavy (non-hydrogen) atoms. The van der Waals surface area contributed by atoms with Crippen molar-refractivity contribution in [2.45, 2.75) is 51.2 Å². The zero-order valence-electron chi connectivity index (χ0n) is 32.6. The molecule has 6 amide bonds. The molecule has 17 heteroatoms. The second-order valence-electron chi connectivity index (χ2n) is 14.6. The van der Waals surface area contributed by atoms with E-state index in [1.807, 2.05) is 0 Å². The molecule has 2 atom stereocenters. The molecule has 1 fully saturated rings. The molecule has 0 aliphatic carbocycles. The minimum Gasteiger partial charge on any atom is -0.384 e. The summed E-state index contributed by atoms with van der Waals surface area (Å²) in [6, 6.07) is 16.4. The van der Waals surface area contributed by atoms with Crippen LogP contribution in [0.3, 0.4) is 0 Å². The Bertz CT molecular complexity index is 2650. The van der Waals surface area contributed by atoms with Gasteiger partial charge in [-0.15, -0.1) is 0 Å². The molecule has 2 aromatic heterocycles. The summed E-state index contributed by atoms with van der Waals surface area (Å²) in [4.78, 5) is 96.7. The van der Waals surface area contributed by atoms with Gasteiger partial charge >= 0.3 is 0 Å². The van der Waals surface area contributed by atoms with Crippen molar-refractivity contribution in [3.63, 3.8) is 0 Å². The summed E-state index contributed by atoms with van der Waals surface area (Å²) in [5.41, 5.74) is 1.86. The van der Waals surface area contributed by atoms with Gasteiger partial charge in [-0.2, -0.15) is 4.39 Å². The van der Waals surface area contributed by atoms with Gasteiger partial charge in [0.25, 0.3) is 23.3 Å². The molecule has 0 radical (unpaired) electrons. The zero-order chi connectivity index (χ0) is 43.4. The van der Waals surface area contributed by atoms with Gasteiger partial charge in [0.15, 0.2) is 0 Å². The lowest BCUT2D eigenvalue weighted by Gasteiger charge is -2.27. The smallest absolute Gasteiger partial charge is 0.264 e. The third-order valence-electron chi connectivity index (χ3n) is 10.4. The third-order valence-corrected chi connectivity index (χ3v) is 10.4. The summed E-state index contributed by atoms with van der Waals surface area (Å²) in [5, 5.41) is 10.7. The molecular weight excluding hydrogens is 796 g/mol. The van der Waals surface area contributed by atoms with Crippen LogP contribution in [0.1, 0.15) is 67.0 Å². The largest absolute Gasteiger partial charge is 0.384 e. The van der Waals surface area contributed by atoms with Gasteiger partial charge < -0.3 is 20.5 Å². The fourth-order valence-electron chi connectivity index (χ4n) is 7.40. The van der Waals surface area contributed by atoms with E-state index in [1.165, 1.54) is 42.6 Å². The van der Waals surface area contributed by atoms with E-state index < -0.39 is 76.2 Å². The molecule has 2 aliphatic heterocycles. The zero-order valence-corrected chi connectivity index (χ0v) is 32.6. The SMILES string of the molecule is Cc1cc(F)ncc1-c1ccccc1C[C@H](NC(=O)c1cc(F)cn(Cc2ccc(F)cc2)c1=O)C(=O)NCCCNc1cccc2c1C(=O)N(C1CCC(=O)NC1=O)C2=O. The molecule has 14 nitrogen and oxygen atoms in total. The number of amides is 6. The van der Waals surface area contributed by atoms with Gasteiger partial charge in [0, 0.05) is 49.6 Å². The molecular formula is C44H38F3N7O7. The first kappa shape index (κ1) is 41.7. The molecule has 5 aromatic rings. The van der Waals surface area contributed by atoms with Crippen LogP contribution >= 0.6 is 0 Å². The number of carbonyl (C=O) groups is 6. The van der Waals surface area contributed by atoms with Gasteiger partial charge in [0.2, 0.25) is 23.7 Å². The highest BCUT2D eigenvalue weighted by Gasteiger charge is 2.45. The Morgan fingerprint density at radius 1 is 0.869 bits per heavy atom. The molecule has 3 aromatic carbocycles. The van der Waals surface area contributed by atoms with Crippen LogP contribution < -0.4 is 26.8 Å². The Morgan fingerprint density at radius 3 is 2.38 bits per heavy atom. The van der Waals surface area contributed by atoms with Gasteiger partial charge in [-0.3, -0.25) is 43.8 Å². The first-order chi connectivity index (χ1) is 29.3. The summed E-state index contributed by atoms with van der Waals surface area (Å²) in [7, 11) is 0. The van der Waals surface area contributed by atoms with Crippen molar-refractivity contribution in [2.75, 3.05) is 18.4 Å². The predicted octanol–water partition coefficient (Wildman–Crippen LogP) is 4.05. The number of nitrogens with one attached hydrogen (secondary N) is 4. The lowest BCUT2D eigenvalue weighted by Crippen LogP contribution is -2.54.